The van der Waals surface area contributed by atoms with Gasteiger partial charge in [0.1, 0.15) is 5.75 Å². The maximum atomic E-state index is 11.4. The molecule has 2 N–H and O–H groups in total. The Morgan fingerprint density at radius 1 is 1.25 bits per heavy atom. The van der Waals surface area contributed by atoms with E-state index in [9.17, 15) is 9.59 Å². The summed E-state index contributed by atoms with van der Waals surface area (Å²) in [6.45, 7) is 2.28. The van der Waals surface area contributed by atoms with E-state index in [0.717, 1.165) is 0 Å². The molecule has 2 amide bonds. The van der Waals surface area contributed by atoms with Crippen molar-refractivity contribution in [3.8, 4) is 5.75 Å². The van der Waals surface area contributed by atoms with E-state index in [2.05, 4.69) is 15.6 Å². The largest absolute Gasteiger partial charge is 0.492 e. The van der Waals surface area contributed by atoms with E-state index >= 15 is 0 Å². The van der Waals surface area contributed by atoms with Gasteiger partial charge in [-0.05, 0) is 25.5 Å². The molecule has 1 rings (SSSR count). The van der Waals surface area contributed by atoms with Crippen molar-refractivity contribution < 1.29 is 19.1 Å². The Kier molecular flexibility index (Phi) is 7.27. The number of benzene rings is 1. The zero-order chi connectivity index (χ0) is 14.8. The summed E-state index contributed by atoms with van der Waals surface area (Å²) in [5.41, 5.74) is 4.36. The molecule has 110 valence electrons. The first kappa shape index (κ1) is 16.1. The van der Waals surface area contributed by atoms with Gasteiger partial charge in [0.2, 0.25) is 5.91 Å². The molecule has 1 aromatic rings. The van der Waals surface area contributed by atoms with Gasteiger partial charge in [-0.2, -0.15) is 0 Å². The highest BCUT2D eigenvalue weighted by molar-refractivity contribution is 6.32. The molecule has 0 aliphatic heterocycles. The normalized spacial score (nSPS) is 9.70. The Hall–Kier alpha value is -1.95. The van der Waals surface area contributed by atoms with Crippen LogP contribution in [-0.4, -0.2) is 25.2 Å². The van der Waals surface area contributed by atoms with Crippen LogP contribution >= 0.6 is 11.6 Å². The van der Waals surface area contributed by atoms with Crippen LogP contribution in [0, 0.1) is 0 Å². The predicted molar refractivity (Wildman–Crippen MR) is 74.5 cm³/mol. The first-order valence-electron chi connectivity index (χ1n) is 6.22. The molecule has 1 aromatic carbocycles. The molecule has 0 atom stereocenters. The van der Waals surface area contributed by atoms with Crippen molar-refractivity contribution >= 4 is 23.6 Å². The molecule has 6 nitrogen and oxygen atoms in total. The van der Waals surface area contributed by atoms with Gasteiger partial charge in [-0.1, -0.05) is 23.7 Å². The van der Waals surface area contributed by atoms with Crippen LogP contribution in [0.15, 0.2) is 24.3 Å². The predicted octanol–water partition coefficient (Wildman–Crippen LogP) is 2.28. The molecule has 0 aromatic heterocycles. The second-order valence-electron chi connectivity index (χ2n) is 3.78. The van der Waals surface area contributed by atoms with Crippen molar-refractivity contribution in [2.75, 3.05) is 13.2 Å². The standard InChI is InChI=1S/C13H17ClN2O4/c1-2-19-13(18)16-15-12(17)8-5-9-20-11-7-4-3-6-10(11)14/h3-4,6-7H,2,5,8-9H2,1H3,(H,15,17)(H,16,18). The Morgan fingerprint density at radius 3 is 2.70 bits per heavy atom. The molecule has 0 bridgehead atoms. The first-order valence-corrected chi connectivity index (χ1v) is 6.60. The highest BCUT2D eigenvalue weighted by Crippen LogP contribution is 2.23. The minimum atomic E-state index is -0.687. The Morgan fingerprint density at radius 2 is 2.00 bits per heavy atom. The molecular formula is C13H17ClN2O4. The van der Waals surface area contributed by atoms with E-state index in [0.29, 0.717) is 23.8 Å². The number of halogens is 1. The second-order valence-corrected chi connectivity index (χ2v) is 4.18. The highest BCUT2D eigenvalue weighted by atomic mass is 35.5. The number of rotatable bonds is 6. The van der Waals surface area contributed by atoms with E-state index in [1.165, 1.54) is 0 Å². The summed E-state index contributed by atoms with van der Waals surface area (Å²) in [7, 11) is 0. The lowest BCUT2D eigenvalue weighted by Gasteiger charge is -2.08. The zero-order valence-corrected chi connectivity index (χ0v) is 11.9. The van der Waals surface area contributed by atoms with Crippen LogP contribution in [0.2, 0.25) is 5.02 Å². The van der Waals surface area contributed by atoms with E-state index in [4.69, 9.17) is 16.3 Å². The molecule has 0 spiro atoms. The SMILES string of the molecule is CCOC(=O)NNC(=O)CCCOc1ccccc1Cl. The summed E-state index contributed by atoms with van der Waals surface area (Å²) >= 11 is 5.91. The van der Waals surface area contributed by atoms with Crippen molar-refractivity contribution in [2.24, 2.45) is 0 Å². The lowest BCUT2D eigenvalue weighted by molar-refractivity contribution is -0.122. The Balaban J connectivity index is 2.13. The number of hydrogen-bond donors (Lipinski definition) is 2. The number of carbonyl (C=O) groups is 2. The number of hydrazine groups is 1. The van der Waals surface area contributed by atoms with Crippen LogP contribution in [0.3, 0.4) is 0 Å². The van der Waals surface area contributed by atoms with Crippen LogP contribution in [0.4, 0.5) is 4.79 Å². The molecule has 0 aliphatic carbocycles. The van der Waals surface area contributed by atoms with Crippen molar-refractivity contribution in [2.45, 2.75) is 19.8 Å². The number of hydrogen-bond acceptors (Lipinski definition) is 4. The van der Waals surface area contributed by atoms with Gasteiger partial charge in [0.15, 0.2) is 0 Å². The fourth-order valence-electron chi connectivity index (χ4n) is 1.33. The lowest BCUT2D eigenvalue weighted by Crippen LogP contribution is -2.41. The van der Waals surface area contributed by atoms with Crippen molar-refractivity contribution in [1.29, 1.82) is 0 Å². The van der Waals surface area contributed by atoms with Crippen molar-refractivity contribution in [1.82, 2.24) is 10.9 Å². The second kappa shape index (κ2) is 9.03. The fourth-order valence-corrected chi connectivity index (χ4v) is 1.52. The summed E-state index contributed by atoms with van der Waals surface area (Å²) in [6.07, 6.45) is 0.0338. The molecule has 0 radical (unpaired) electrons. The van der Waals surface area contributed by atoms with Gasteiger partial charge in [-0.15, -0.1) is 0 Å². The molecule has 0 heterocycles. The van der Waals surface area contributed by atoms with Gasteiger partial charge >= 0.3 is 6.09 Å². The average Bonchev–Trinajstić information content (AvgIpc) is 2.43. The zero-order valence-electron chi connectivity index (χ0n) is 11.1. The van der Waals surface area contributed by atoms with Gasteiger partial charge in [-0.3, -0.25) is 10.2 Å². The maximum absolute atomic E-state index is 11.4. The summed E-state index contributed by atoms with van der Waals surface area (Å²) in [5.74, 6) is 0.264. The third-order valence-corrected chi connectivity index (χ3v) is 2.53. The van der Waals surface area contributed by atoms with E-state index in [1.807, 2.05) is 12.1 Å². The van der Waals surface area contributed by atoms with Crippen LogP contribution < -0.4 is 15.6 Å². The van der Waals surface area contributed by atoms with Gasteiger partial charge in [0.05, 0.1) is 18.2 Å². The summed E-state index contributed by atoms with van der Waals surface area (Å²) in [5, 5.41) is 0.529. The molecule has 0 saturated carbocycles. The topological polar surface area (TPSA) is 76.7 Å². The molecule has 0 aliphatic rings. The average molecular weight is 301 g/mol. The van der Waals surface area contributed by atoms with E-state index < -0.39 is 6.09 Å². The first-order chi connectivity index (χ1) is 9.63. The maximum Gasteiger partial charge on any atom is 0.426 e. The quantitative estimate of drug-likeness (QED) is 0.624. The minimum Gasteiger partial charge on any atom is -0.492 e. The Labute approximate surface area is 122 Å². The molecule has 20 heavy (non-hydrogen) atoms. The Bertz CT molecular complexity index is 454. The molecule has 7 heteroatoms. The summed E-state index contributed by atoms with van der Waals surface area (Å²) in [6, 6.07) is 7.11. The summed E-state index contributed by atoms with van der Waals surface area (Å²) in [4.78, 5) is 22.3. The van der Waals surface area contributed by atoms with E-state index in [1.54, 1.807) is 19.1 Å². The monoisotopic (exact) mass is 300 g/mol. The van der Waals surface area contributed by atoms with Crippen LogP contribution in [0.1, 0.15) is 19.8 Å². The van der Waals surface area contributed by atoms with Gasteiger partial charge in [0.25, 0.3) is 0 Å². The minimum absolute atomic E-state index is 0.219. The van der Waals surface area contributed by atoms with Crippen molar-refractivity contribution in [3.63, 3.8) is 0 Å². The lowest BCUT2D eigenvalue weighted by atomic mass is 10.3. The van der Waals surface area contributed by atoms with Crippen LogP contribution in [-0.2, 0) is 9.53 Å². The summed E-state index contributed by atoms with van der Waals surface area (Å²) < 4.78 is 10.0. The smallest absolute Gasteiger partial charge is 0.426 e. The number of carbonyl (C=O) groups excluding carboxylic acids is 2. The molecule has 0 unspecified atom stereocenters. The van der Waals surface area contributed by atoms with Gasteiger partial charge in [-0.25, -0.2) is 10.2 Å². The highest BCUT2D eigenvalue weighted by Gasteiger charge is 2.05. The van der Waals surface area contributed by atoms with Crippen LogP contribution in [0.5, 0.6) is 5.75 Å². The molecule has 0 saturated heterocycles. The molecule has 0 fully saturated rings. The van der Waals surface area contributed by atoms with Gasteiger partial charge < -0.3 is 9.47 Å². The molecular weight excluding hydrogens is 284 g/mol. The van der Waals surface area contributed by atoms with Gasteiger partial charge in [0, 0.05) is 6.42 Å². The number of ether oxygens (including phenoxy) is 2. The number of para-hydroxylation sites is 1. The van der Waals surface area contributed by atoms with Crippen LogP contribution in [0.25, 0.3) is 0 Å². The number of nitrogens with one attached hydrogen (secondary N) is 2. The van der Waals surface area contributed by atoms with E-state index in [-0.39, 0.29) is 18.9 Å². The third-order valence-electron chi connectivity index (χ3n) is 2.22. The third kappa shape index (κ3) is 6.29. The number of amides is 2. The fraction of sp³-hybridized carbons (Fsp3) is 0.385. The van der Waals surface area contributed by atoms with Crippen molar-refractivity contribution in [3.05, 3.63) is 29.3 Å².